The van der Waals surface area contributed by atoms with E-state index >= 15 is 0 Å². The fourth-order valence-corrected chi connectivity index (χ4v) is 1.69. The number of hydrogen-bond acceptors (Lipinski definition) is 2. The highest BCUT2D eigenvalue weighted by atomic mass is 79.9. The van der Waals surface area contributed by atoms with E-state index in [-0.39, 0.29) is 0 Å². The zero-order chi connectivity index (χ0) is 11.5. The largest absolute Gasteiger partial charge is 0.366 e. The number of nitrogens with two attached hydrogens (primary N) is 1. The van der Waals surface area contributed by atoms with E-state index in [1.54, 1.807) is 18.3 Å². The Balaban J connectivity index is 2.55. The number of nitrogens with zero attached hydrogens (tertiary/aromatic N) is 1. The van der Waals surface area contributed by atoms with Gasteiger partial charge < -0.3 is 5.73 Å². The van der Waals surface area contributed by atoms with Crippen LogP contribution in [0, 0.1) is 0 Å². The van der Waals surface area contributed by atoms with Gasteiger partial charge in [-0.1, -0.05) is 18.2 Å². The molecule has 1 aromatic heterocycles. The molecule has 0 radical (unpaired) electrons. The molecule has 0 fully saturated rings. The molecule has 16 heavy (non-hydrogen) atoms. The summed E-state index contributed by atoms with van der Waals surface area (Å²) < 4.78 is 0.896. The molecule has 80 valence electrons. The average molecular weight is 277 g/mol. The number of rotatable bonds is 2. The molecule has 1 heterocycles. The topological polar surface area (TPSA) is 56.0 Å². The van der Waals surface area contributed by atoms with Crippen LogP contribution in [0.2, 0.25) is 0 Å². The van der Waals surface area contributed by atoms with Gasteiger partial charge in [0.15, 0.2) is 0 Å². The summed E-state index contributed by atoms with van der Waals surface area (Å²) in [5.41, 5.74) is 7.28. The first-order valence-electron chi connectivity index (χ1n) is 4.69. The fraction of sp³-hybridized carbons (Fsp3) is 0. The number of halogens is 1. The van der Waals surface area contributed by atoms with Gasteiger partial charge in [-0.25, -0.2) is 0 Å². The molecular weight excluding hydrogens is 268 g/mol. The maximum atomic E-state index is 11.2. The number of amides is 1. The van der Waals surface area contributed by atoms with Crippen molar-refractivity contribution in [1.29, 1.82) is 0 Å². The summed E-state index contributed by atoms with van der Waals surface area (Å²) in [4.78, 5) is 15.5. The van der Waals surface area contributed by atoms with Gasteiger partial charge in [0.1, 0.15) is 0 Å². The molecule has 2 aromatic rings. The van der Waals surface area contributed by atoms with E-state index < -0.39 is 5.91 Å². The van der Waals surface area contributed by atoms with E-state index in [9.17, 15) is 4.79 Å². The Morgan fingerprint density at radius 1 is 1.19 bits per heavy atom. The minimum absolute atomic E-state index is 0.444. The second-order valence-corrected chi connectivity index (χ2v) is 4.19. The van der Waals surface area contributed by atoms with Crippen molar-refractivity contribution in [2.75, 3.05) is 0 Å². The predicted octanol–water partition coefficient (Wildman–Crippen LogP) is 2.61. The van der Waals surface area contributed by atoms with Crippen LogP contribution < -0.4 is 5.73 Å². The highest BCUT2D eigenvalue weighted by molar-refractivity contribution is 9.10. The first-order valence-corrected chi connectivity index (χ1v) is 5.48. The summed E-state index contributed by atoms with van der Waals surface area (Å²) in [7, 11) is 0. The van der Waals surface area contributed by atoms with Gasteiger partial charge in [0.2, 0.25) is 5.91 Å². The minimum atomic E-state index is -0.444. The molecule has 0 bridgehead atoms. The quantitative estimate of drug-likeness (QED) is 0.917. The first kappa shape index (κ1) is 10.8. The monoisotopic (exact) mass is 276 g/mol. The first-order chi connectivity index (χ1) is 7.68. The van der Waals surface area contributed by atoms with Crippen molar-refractivity contribution < 1.29 is 4.79 Å². The van der Waals surface area contributed by atoms with Crippen LogP contribution in [0.1, 0.15) is 10.4 Å². The molecule has 0 saturated carbocycles. The second-order valence-electron chi connectivity index (χ2n) is 3.27. The van der Waals surface area contributed by atoms with E-state index in [0.717, 1.165) is 15.7 Å². The van der Waals surface area contributed by atoms with Crippen molar-refractivity contribution in [3.8, 4) is 11.3 Å². The number of benzene rings is 1. The third kappa shape index (κ3) is 2.12. The molecule has 0 atom stereocenters. The highest BCUT2D eigenvalue weighted by Crippen LogP contribution is 2.22. The third-order valence-corrected chi connectivity index (χ3v) is 2.66. The Morgan fingerprint density at radius 3 is 2.56 bits per heavy atom. The van der Waals surface area contributed by atoms with Gasteiger partial charge in [-0.3, -0.25) is 9.78 Å². The molecule has 0 unspecified atom stereocenters. The van der Waals surface area contributed by atoms with Gasteiger partial charge in [-0.15, -0.1) is 0 Å². The maximum absolute atomic E-state index is 11.2. The molecule has 0 aliphatic carbocycles. The van der Waals surface area contributed by atoms with E-state index in [2.05, 4.69) is 20.9 Å². The number of carbonyl (C=O) groups excluding carboxylic acids is 1. The molecule has 0 saturated heterocycles. The predicted molar refractivity (Wildman–Crippen MR) is 65.9 cm³/mol. The van der Waals surface area contributed by atoms with Crippen molar-refractivity contribution in [3.05, 3.63) is 52.6 Å². The van der Waals surface area contributed by atoms with Gasteiger partial charge in [-0.2, -0.15) is 0 Å². The molecular formula is C12H9BrN2O. The summed E-state index contributed by atoms with van der Waals surface area (Å²) in [6.07, 6.45) is 1.69. The third-order valence-electron chi connectivity index (χ3n) is 2.20. The Morgan fingerprint density at radius 2 is 1.94 bits per heavy atom. The Bertz CT molecular complexity index is 523. The molecule has 4 heteroatoms. The lowest BCUT2D eigenvalue weighted by atomic mass is 10.0. The fourth-order valence-electron chi connectivity index (χ4n) is 1.46. The molecule has 2 N–H and O–H groups in total. The van der Waals surface area contributed by atoms with Crippen molar-refractivity contribution in [2.45, 2.75) is 0 Å². The number of hydrogen-bond donors (Lipinski definition) is 1. The average Bonchev–Trinajstić information content (AvgIpc) is 2.30. The van der Waals surface area contributed by atoms with Gasteiger partial charge in [0, 0.05) is 21.8 Å². The van der Waals surface area contributed by atoms with Crippen LogP contribution >= 0.6 is 15.9 Å². The summed E-state index contributed by atoms with van der Waals surface area (Å²) in [5.74, 6) is -0.444. The van der Waals surface area contributed by atoms with Crippen molar-refractivity contribution in [3.63, 3.8) is 0 Å². The number of pyridine rings is 1. The molecule has 1 aromatic carbocycles. The Labute approximate surface area is 101 Å². The smallest absolute Gasteiger partial charge is 0.249 e. The van der Waals surface area contributed by atoms with Crippen LogP contribution in [0.15, 0.2) is 47.1 Å². The lowest BCUT2D eigenvalue weighted by Crippen LogP contribution is -2.12. The van der Waals surface area contributed by atoms with Gasteiger partial charge in [0.25, 0.3) is 0 Å². The van der Waals surface area contributed by atoms with Crippen molar-refractivity contribution >= 4 is 21.8 Å². The number of primary amides is 1. The van der Waals surface area contributed by atoms with E-state index in [1.807, 2.05) is 24.3 Å². The van der Waals surface area contributed by atoms with Crippen LogP contribution in [-0.2, 0) is 0 Å². The molecule has 0 aliphatic heterocycles. The van der Waals surface area contributed by atoms with Crippen LogP contribution in [-0.4, -0.2) is 10.9 Å². The van der Waals surface area contributed by atoms with Crippen LogP contribution in [0.4, 0.5) is 0 Å². The lowest BCUT2D eigenvalue weighted by Gasteiger charge is -2.05. The number of carbonyl (C=O) groups is 1. The summed E-state index contributed by atoms with van der Waals surface area (Å²) >= 11 is 3.31. The molecule has 0 spiro atoms. The molecule has 3 nitrogen and oxygen atoms in total. The lowest BCUT2D eigenvalue weighted by molar-refractivity contribution is 0.100. The summed E-state index contributed by atoms with van der Waals surface area (Å²) in [6, 6.07) is 10.9. The van der Waals surface area contributed by atoms with E-state index in [0.29, 0.717) is 5.56 Å². The SMILES string of the molecule is NC(=O)c1ccccc1-c1ccc(Br)cn1. The molecule has 1 amide bonds. The normalized spacial score (nSPS) is 10.1. The van der Waals surface area contributed by atoms with E-state index in [4.69, 9.17) is 5.73 Å². The van der Waals surface area contributed by atoms with Crippen LogP contribution in [0.25, 0.3) is 11.3 Å². The molecule has 0 aliphatic rings. The molecule has 2 rings (SSSR count). The van der Waals surface area contributed by atoms with Crippen molar-refractivity contribution in [2.24, 2.45) is 5.73 Å². The van der Waals surface area contributed by atoms with Gasteiger partial charge in [0.05, 0.1) is 5.69 Å². The van der Waals surface area contributed by atoms with Crippen LogP contribution in [0.3, 0.4) is 0 Å². The standard InChI is InChI=1S/C12H9BrN2O/c13-8-5-6-11(15-7-8)9-3-1-2-4-10(9)12(14)16/h1-7H,(H2,14,16). The zero-order valence-corrected chi connectivity index (χ0v) is 9.94. The van der Waals surface area contributed by atoms with Gasteiger partial charge >= 0.3 is 0 Å². The van der Waals surface area contributed by atoms with Gasteiger partial charge in [-0.05, 0) is 34.1 Å². The summed E-state index contributed by atoms with van der Waals surface area (Å²) in [5, 5.41) is 0. The Kier molecular flexibility index (Phi) is 3.01. The maximum Gasteiger partial charge on any atom is 0.249 e. The Hall–Kier alpha value is -1.68. The number of aromatic nitrogens is 1. The minimum Gasteiger partial charge on any atom is -0.366 e. The zero-order valence-electron chi connectivity index (χ0n) is 8.35. The highest BCUT2D eigenvalue weighted by Gasteiger charge is 2.09. The van der Waals surface area contributed by atoms with E-state index in [1.165, 1.54) is 0 Å². The summed E-state index contributed by atoms with van der Waals surface area (Å²) in [6.45, 7) is 0. The second kappa shape index (κ2) is 4.45. The van der Waals surface area contributed by atoms with Crippen LogP contribution in [0.5, 0.6) is 0 Å². The van der Waals surface area contributed by atoms with Crippen molar-refractivity contribution in [1.82, 2.24) is 4.98 Å².